The van der Waals surface area contributed by atoms with Gasteiger partial charge in [-0.15, -0.1) is 0 Å². The Labute approximate surface area is 127 Å². The van der Waals surface area contributed by atoms with Crippen LogP contribution in [0.3, 0.4) is 0 Å². The van der Waals surface area contributed by atoms with Gasteiger partial charge in [0.1, 0.15) is 0 Å². The molecule has 21 heavy (non-hydrogen) atoms. The molecule has 0 bridgehead atoms. The zero-order chi connectivity index (χ0) is 14.8. The summed E-state index contributed by atoms with van der Waals surface area (Å²) in [6.45, 7) is 4.80. The van der Waals surface area contributed by atoms with Crippen molar-refractivity contribution < 1.29 is 9.90 Å². The van der Waals surface area contributed by atoms with Crippen LogP contribution in [0.2, 0.25) is 0 Å². The van der Waals surface area contributed by atoms with E-state index in [1.54, 1.807) is 11.1 Å². The van der Waals surface area contributed by atoms with Crippen LogP contribution in [0, 0.1) is 16.7 Å². The molecule has 2 nitrogen and oxygen atoms in total. The molecule has 0 saturated heterocycles. The monoisotopic (exact) mass is 286 g/mol. The third kappa shape index (κ3) is 1.84. The second-order valence-electron chi connectivity index (χ2n) is 8.27. The van der Waals surface area contributed by atoms with E-state index in [0.717, 1.165) is 38.5 Å². The summed E-state index contributed by atoms with van der Waals surface area (Å²) in [5.74, 6) is 0.909. The van der Waals surface area contributed by atoms with Gasteiger partial charge in [0.15, 0.2) is 5.78 Å². The molecule has 4 rings (SSSR count). The van der Waals surface area contributed by atoms with Gasteiger partial charge in [-0.25, -0.2) is 0 Å². The van der Waals surface area contributed by atoms with Crippen molar-refractivity contribution in [2.45, 2.75) is 71.3 Å². The molecule has 0 amide bonds. The molecule has 0 aromatic heterocycles. The minimum Gasteiger partial charge on any atom is -0.393 e. The van der Waals surface area contributed by atoms with Gasteiger partial charge in [-0.3, -0.25) is 4.79 Å². The molecule has 2 saturated carbocycles. The van der Waals surface area contributed by atoms with Crippen molar-refractivity contribution in [3.8, 4) is 0 Å². The van der Waals surface area contributed by atoms with Gasteiger partial charge in [0.25, 0.3) is 0 Å². The third-order valence-electron chi connectivity index (χ3n) is 7.01. The van der Waals surface area contributed by atoms with Gasteiger partial charge in [-0.2, -0.15) is 0 Å². The normalized spacial score (nSPS) is 45.9. The third-order valence-corrected chi connectivity index (χ3v) is 7.01. The van der Waals surface area contributed by atoms with Crippen molar-refractivity contribution in [3.05, 3.63) is 22.8 Å². The molecule has 0 unspecified atom stereocenters. The molecule has 4 atom stereocenters. The Morgan fingerprint density at radius 2 is 1.95 bits per heavy atom. The van der Waals surface area contributed by atoms with Crippen LogP contribution in [-0.2, 0) is 4.79 Å². The molecular weight excluding hydrogens is 260 g/mol. The van der Waals surface area contributed by atoms with Crippen LogP contribution in [0.1, 0.15) is 65.2 Å². The molecule has 2 fully saturated rings. The average Bonchev–Trinajstić information content (AvgIpc) is 2.73. The molecule has 0 aromatic rings. The summed E-state index contributed by atoms with van der Waals surface area (Å²) >= 11 is 0. The molecule has 0 aliphatic heterocycles. The topological polar surface area (TPSA) is 37.3 Å². The van der Waals surface area contributed by atoms with E-state index >= 15 is 0 Å². The first kappa shape index (κ1) is 13.8. The Hall–Kier alpha value is -0.890. The van der Waals surface area contributed by atoms with E-state index in [9.17, 15) is 9.90 Å². The zero-order valence-electron chi connectivity index (χ0n) is 13.2. The zero-order valence-corrected chi connectivity index (χ0v) is 13.2. The fraction of sp³-hybridized carbons (Fsp3) is 0.737. The Kier molecular flexibility index (Phi) is 2.83. The van der Waals surface area contributed by atoms with Crippen LogP contribution in [0.15, 0.2) is 22.8 Å². The predicted molar refractivity (Wildman–Crippen MR) is 82.8 cm³/mol. The summed E-state index contributed by atoms with van der Waals surface area (Å²) in [7, 11) is 0. The molecule has 4 aliphatic carbocycles. The molecule has 0 heterocycles. The summed E-state index contributed by atoms with van der Waals surface area (Å²) in [5.41, 5.74) is 5.16. The van der Waals surface area contributed by atoms with Crippen molar-refractivity contribution in [2.24, 2.45) is 16.7 Å². The second kappa shape index (κ2) is 4.32. The Morgan fingerprint density at radius 3 is 2.76 bits per heavy atom. The van der Waals surface area contributed by atoms with Crippen LogP contribution >= 0.6 is 0 Å². The highest BCUT2D eigenvalue weighted by Gasteiger charge is 2.53. The molecule has 0 aromatic carbocycles. The summed E-state index contributed by atoms with van der Waals surface area (Å²) in [6, 6.07) is 0. The molecule has 0 radical (unpaired) electrons. The van der Waals surface area contributed by atoms with Crippen LogP contribution < -0.4 is 0 Å². The van der Waals surface area contributed by atoms with E-state index in [-0.39, 0.29) is 16.9 Å². The Morgan fingerprint density at radius 1 is 1.14 bits per heavy atom. The summed E-state index contributed by atoms with van der Waals surface area (Å²) in [5, 5.41) is 10.2. The maximum atomic E-state index is 11.7. The number of hydrogen-bond acceptors (Lipinski definition) is 2. The standard InChI is InChI=1S/C19H26O2/c1-18-7-8-19(2)15-6-4-13(20)9-12(15)3-5-16(19)17(18)10-14(21)11-18/h9,14-15,21H,3-8,10-11H2,1-2H3/t14-,15+,18-,19-/m1/s1. The maximum Gasteiger partial charge on any atom is 0.155 e. The number of carbonyl (C=O) groups excluding carboxylic acids is 1. The highest BCUT2D eigenvalue weighted by molar-refractivity contribution is 5.91. The van der Waals surface area contributed by atoms with E-state index in [0.29, 0.717) is 11.7 Å². The Balaban J connectivity index is 1.81. The van der Waals surface area contributed by atoms with Crippen LogP contribution in [0.25, 0.3) is 0 Å². The van der Waals surface area contributed by atoms with Gasteiger partial charge in [-0.1, -0.05) is 30.6 Å². The molecule has 0 spiro atoms. The van der Waals surface area contributed by atoms with Gasteiger partial charge < -0.3 is 5.11 Å². The fourth-order valence-electron chi connectivity index (χ4n) is 5.89. The van der Waals surface area contributed by atoms with Gasteiger partial charge in [-0.05, 0) is 67.8 Å². The molecule has 1 N–H and O–H groups in total. The number of rotatable bonds is 0. The number of hydrogen-bond donors (Lipinski definition) is 1. The molecular formula is C19H26O2. The van der Waals surface area contributed by atoms with Gasteiger partial charge in [0, 0.05) is 6.42 Å². The minimum absolute atomic E-state index is 0.135. The first-order valence-corrected chi connectivity index (χ1v) is 8.57. The highest BCUT2D eigenvalue weighted by atomic mass is 16.3. The summed E-state index contributed by atoms with van der Waals surface area (Å²) < 4.78 is 0. The van der Waals surface area contributed by atoms with Crippen LogP contribution in [0.4, 0.5) is 0 Å². The SMILES string of the molecule is C[C@]12CC[C@@]3(C)C(=C1C[C@@H](O)C2)CCC1=CC(=O)CC[C@@H]13. The van der Waals surface area contributed by atoms with Crippen molar-refractivity contribution in [2.75, 3.05) is 0 Å². The summed E-state index contributed by atoms with van der Waals surface area (Å²) in [6.07, 6.45) is 10.1. The Bertz CT molecular complexity index is 570. The number of fused-ring (bicyclic) bond motifs is 4. The van der Waals surface area contributed by atoms with Gasteiger partial charge in [0.2, 0.25) is 0 Å². The van der Waals surface area contributed by atoms with Crippen LogP contribution in [0.5, 0.6) is 0 Å². The smallest absolute Gasteiger partial charge is 0.155 e. The number of allylic oxidation sites excluding steroid dienone is 3. The minimum atomic E-state index is -0.135. The first-order valence-electron chi connectivity index (χ1n) is 8.57. The fourth-order valence-corrected chi connectivity index (χ4v) is 5.89. The van der Waals surface area contributed by atoms with E-state index in [2.05, 4.69) is 13.8 Å². The van der Waals surface area contributed by atoms with Crippen molar-refractivity contribution in [1.29, 1.82) is 0 Å². The predicted octanol–water partition coefficient (Wildman–Crippen LogP) is 3.94. The number of carbonyl (C=O) groups is 1. The summed E-state index contributed by atoms with van der Waals surface area (Å²) in [4.78, 5) is 11.7. The number of aliphatic hydroxyl groups is 1. The quantitative estimate of drug-likeness (QED) is 0.685. The van der Waals surface area contributed by atoms with Gasteiger partial charge >= 0.3 is 0 Å². The lowest BCUT2D eigenvalue weighted by molar-refractivity contribution is -0.115. The van der Waals surface area contributed by atoms with Crippen molar-refractivity contribution in [3.63, 3.8) is 0 Å². The second-order valence-corrected chi connectivity index (χ2v) is 8.27. The lowest BCUT2D eigenvalue weighted by atomic mass is 9.52. The number of aliphatic hydroxyl groups excluding tert-OH is 1. The van der Waals surface area contributed by atoms with Crippen molar-refractivity contribution >= 4 is 5.78 Å². The lowest BCUT2D eigenvalue weighted by Crippen LogP contribution is -2.42. The average molecular weight is 286 g/mol. The molecule has 2 heteroatoms. The lowest BCUT2D eigenvalue weighted by Gasteiger charge is -2.53. The van der Waals surface area contributed by atoms with E-state index in [1.165, 1.54) is 18.4 Å². The highest BCUT2D eigenvalue weighted by Crippen LogP contribution is 2.63. The number of ketones is 1. The van der Waals surface area contributed by atoms with E-state index in [4.69, 9.17) is 0 Å². The maximum absolute atomic E-state index is 11.7. The first-order chi connectivity index (χ1) is 9.92. The van der Waals surface area contributed by atoms with E-state index < -0.39 is 0 Å². The van der Waals surface area contributed by atoms with Crippen LogP contribution in [-0.4, -0.2) is 17.0 Å². The van der Waals surface area contributed by atoms with E-state index in [1.807, 2.05) is 6.08 Å². The largest absolute Gasteiger partial charge is 0.393 e. The van der Waals surface area contributed by atoms with Gasteiger partial charge in [0.05, 0.1) is 6.10 Å². The molecule has 4 aliphatic rings. The molecule has 114 valence electrons. The van der Waals surface area contributed by atoms with Crippen molar-refractivity contribution in [1.82, 2.24) is 0 Å².